The van der Waals surface area contributed by atoms with E-state index in [0.717, 1.165) is 43.0 Å². The zero-order valence-corrected chi connectivity index (χ0v) is 17.0. The van der Waals surface area contributed by atoms with Gasteiger partial charge >= 0.3 is 12.1 Å². The highest BCUT2D eigenvalue weighted by Gasteiger charge is 2.23. The number of hydrogen-bond donors (Lipinski definition) is 1. The Labute approximate surface area is 180 Å². The van der Waals surface area contributed by atoms with Crippen LogP contribution in [0.2, 0.25) is 0 Å². The second-order valence-electron chi connectivity index (χ2n) is 7.76. The van der Waals surface area contributed by atoms with Gasteiger partial charge < -0.3 is 9.73 Å². The molecule has 0 spiro atoms. The number of nitrogens with zero attached hydrogens (tertiary/aromatic N) is 4. The molecule has 2 aromatic heterocycles. The van der Waals surface area contributed by atoms with Gasteiger partial charge in [-0.25, -0.2) is 9.18 Å². The zero-order valence-electron chi connectivity index (χ0n) is 17.0. The number of hydrogen-bond acceptors (Lipinski definition) is 5. The Morgan fingerprint density at radius 2 is 1.84 bits per heavy atom. The minimum absolute atomic E-state index is 0.0372. The molecule has 32 heavy (non-hydrogen) atoms. The summed E-state index contributed by atoms with van der Waals surface area (Å²) >= 11 is 0. The fourth-order valence-electron chi connectivity index (χ4n) is 4.22. The molecule has 166 valence electrons. The minimum atomic E-state index is -2.90. The second kappa shape index (κ2) is 8.27. The summed E-state index contributed by atoms with van der Waals surface area (Å²) in [5.41, 5.74) is 1.86. The lowest BCUT2D eigenvalue weighted by atomic mass is 10.1. The molecule has 3 heterocycles. The topological polar surface area (TPSA) is 77.9 Å². The van der Waals surface area contributed by atoms with Crippen LogP contribution in [0.5, 0.6) is 0 Å². The Hall–Kier alpha value is -3.40. The maximum Gasteiger partial charge on any atom is 0.329 e. The van der Waals surface area contributed by atoms with Crippen molar-refractivity contribution >= 4 is 11.0 Å². The number of aromatic nitrogens is 4. The van der Waals surface area contributed by atoms with Crippen molar-refractivity contribution in [3.8, 4) is 11.5 Å². The zero-order chi connectivity index (χ0) is 22.2. The molecule has 0 unspecified atom stereocenters. The average Bonchev–Trinajstić information content (AvgIpc) is 3.40. The number of imidazole rings is 1. The van der Waals surface area contributed by atoms with Gasteiger partial charge in [0.1, 0.15) is 5.82 Å². The van der Waals surface area contributed by atoms with Crippen LogP contribution in [0.15, 0.2) is 51.7 Å². The first-order valence-electron chi connectivity index (χ1n) is 10.3. The molecule has 1 N–H and O–H groups in total. The summed E-state index contributed by atoms with van der Waals surface area (Å²) in [4.78, 5) is 13.3. The van der Waals surface area contributed by atoms with Gasteiger partial charge in [-0.3, -0.25) is 9.13 Å². The molecule has 0 radical (unpaired) electrons. The lowest BCUT2D eigenvalue weighted by molar-refractivity contribution is 0.116. The molecule has 0 bridgehead atoms. The highest BCUT2D eigenvalue weighted by Crippen LogP contribution is 2.27. The van der Waals surface area contributed by atoms with Crippen molar-refractivity contribution in [2.45, 2.75) is 31.9 Å². The molecular weight excluding hydrogens is 423 g/mol. The molecule has 1 aliphatic heterocycles. The number of halogens is 3. The Bertz CT molecular complexity index is 1320. The van der Waals surface area contributed by atoms with E-state index in [2.05, 4.69) is 15.5 Å². The van der Waals surface area contributed by atoms with E-state index >= 15 is 0 Å². The molecule has 1 fully saturated rings. The number of alkyl halides is 2. The van der Waals surface area contributed by atoms with E-state index in [4.69, 9.17) is 4.42 Å². The van der Waals surface area contributed by atoms with Crippen molar-refractivity contribution in [1.82, 2.24) is 24.6 Å². The largest absolute Gasteiger partial charge is 0.415 e. The van der Waals surface area contributed by atoms with Crippen LogP contribution in [0, 0.1) is 5.82 Å². The maximum absolute atomic E-state index is 14.9. The van der Waals surface area contributed by atoms with Crippen LogP contribution >= 0.6 is 0 Å². The number of benzene rings is 2. The standard InChI is InChI=1S/C22H20F3N5O2/c23-16-11-13(20-27-28-21(32-20)19(24)25)5-6-14(16)12-29-17-3-1-2-4-18(17)30(22(29)31)15-7-9-26-10-8-15/h1-6,11,15,19,26H,7-10,12H2. The van der Waals surface area contributed by atoms with Crippen molar-refractivity contribution < 1.29 is 17.6 Å². The average molecular weight is 443 g/mol. The van der Waals surface area contributed by atoms with Gasteiger partial charge in [0, 0.05) is 17.2 Å². The van der Waals surface area contributed by atoms with Crippen molar-refractivity contribution in [2.24, 2.45) is 0 Å². The Morgan fingerprint density at radius 1 is 1.09 bits per heavy atom. The van der Waals surface area contributed by atoms with E-state index in [1.165, 1.54) is 12.1 Å². The van der Waals surface area contributed by atoms with Crippen LogP contribution < -0.4 is 11.0 Å². The van der Waals surface area contributed by atoms with Gasteiger partial charge in [-0.1, -0.05) is 18.2 Å². The van der Waals surface area contributed by atoms with Gasteiger partial charge in [0.25, 0.3) is 5.89 Å². The van der Waals surface area contributed by atoms with E-state index < -0.39 is 18.1 Å². The van der Waals surface area contributed by atoms with Crippen molar-refractivity contribution in [3.63, 3.8) is 0 Å². The molecule has 1 saturated heterocycles. The lowest BCUT2D eigenvalue weighted by Crippen LogP contribution is -2.35. The van der Waals surface area contributed by atoms with E-state index in [0.29, 0.717) is 0 Å². The van der Waals surface area contributed by atoms with Crippen LogP contribution in [0.25, 0.3) is 22.5 Å². The third-order valence-corrected chi connectivity index (χ3v) is 5.80. The molecule has 2 aromatic carbocycles. The van der Waals surface area contributed by atoms with Crippen LogP contribution in [-0.2, 0) is 6.54 Å². The molecule has 10 heteroatoms. The lowest BCUT2D eigenvalue weighted by Gasteiger charge is -2.23. The fraction of sp³-hybridized carbons (Fsp3) is 0.318. The Kier molecular flexibility index (Phi) is 5.30. The minimum Gasteiger partial charge on any atom is -0.415 e. The quantitative estimate of drug-likeness (QED) is 0.506. The summed E-state index contributed by atoms with van der Waals surface area (Å²) in [6.07, 6.45) is -1.20. The highest BCUT2D eigenvalue weighted by atomic mass is 19.3. The monoisotopic (exact) mass is 443 g/mol. The molecule has 7 nitrogen and oxygen atoms in total. The van der Waals surface area contributed by atoms with Gasteiger partial charge in [0.2, 0.25) is 5.89 Å². The van der Waals surface area contributed by atoms with Gasteiger partial charge in [-0.2, -0.15) is 8.78 Å². The molecule has 1 aliphatic rings. The SMILES string of the molecule is O=c1n(Cc2ccc(-c3nnc(C(F)F)o3)cc2F)c2ccccc2n1C1CCNCC1. The Balaban J connectivity index is 1.50. The third-order valence-electron chi connectivity index (χ3n) is 5.80. The smallest absolute Gasteiger partial charge is 0.329 e. The molecule has 0 aliphatic carbocycles. The van der Waals surface area contributed by atoms with Crippen LogP contribution in [0.3, 0.4) is 0 Å². The van der Waals surface area contributed by atoms with Gasteiger partial charge in [0.05, 0.1) is 17.6 Å². The summed E-state index contributed by atoms with van der Waals surface area (Å²) in [6, 6.07) is 11.7. The predicted molar refractivity (Wildman–Crippen MR) is 111 cm³/mol. The van der Waals surface area contributed by atoms with E-state index in [1.807, 2.05) is 28.8 Å². The van der Waals surface area contributed by atoms with Gasteiger partial charge in [-0.05, 0) is 50.2 Å². The maximum atomic E-state index is 14.9. The summed E-state index contributed by atoms with van der Waals surface area (Å²) < 4.78 is 48.5. The summed E-state index contributed by atoms with van der Waals surface area (Å²) in [7, 11) is 0. The molecule has 0 saturated carbocycles. The molecule has 0 atom stereocenters. The highest BCUT2D eigenvalue weighted by molar-refractivity contribution is 5.76. The molecule has 0 amide bonds. The number of para-hydroxylation sites is 2. The first-order chi connectivity index (χ1) is 15.5. The third kappa shape index (κ3) is 3.60. The first kappa shape index (κ1) is 20.5. The Morgan fingerprint density at radius 3 is 2.53 bits per heavy atom. The second-order valence-corrected chi connectivity index (χ2v) is 7.76. The van der Waals surface area contributed by atoms with Gasteiger partial charge in [-0.15, -0.1) is 10.2 Å². The van der Waals surface area contributed by atoms with Crippen LogP contribution in [-0.4, -0.2) is 32.4 Å². The number of rotatable bonds is 5. The number of nitrogens with one attached hydrogen (secondary N) is 1. The fourth-order valence-corrected chi connectivity index (χ4v) is 4.22. The van der Waals surface area contributed by atoms with Crippen molar-refractivity contribution in [2.75, 3.05) is 13.1 Å². The molecule has 4 aromatic rings. The van der Waals surface area contributed by atoms with E-state index in [1.54, 1.807) is 4.57 Å². The predicted octanol–water partition coefficient (Wildman–Crippen LogP) is 3.90. The summed E-state index contributed by atoms with van der Waals surface area (Å²) in [6.45, 7) is 1.72. The van der Waals surface area contributed by atoms with Crippen LogP contribution in [0.4, 0.5) is 13.2 Å². The van der Waals surface area contributed by atoms with Crippen molar-refractivity contribution in [3.05, 3.63) is 70.2 Å². The summed E-state index contributed by atoms with van der Waals surface area (Å²) in [5, 5.41) is 10.1. The molecular formula is C22H20F3N5O2. The van der Waals surface area contributed by atoms with Crippen LogP contribution in [0.1, 0.15) is 36.8 Å². The number of piperidine rings is 1. The first-order valence-corrected chi connectivity index (χ1v) is 10.3. The molecule has 5 rings (SSSR count). The van der Waals surface area contributed by atoms with E-state index in [-0.39, 0.29) is 35.3 Å². The number of fused-ring (bicyclic) bond motifs is 1. The normalized spacial score (nSPS) is 15.1. The van der Waals surface area contributed by atoms with E-state index in [9.17, 15) is 18.0 Å². The van der Waals surface area contributed by atoms with Gasteiger partial charge in [0.15, 0.2) is 0 Å². The van der Waals surface area contributed by atoms with Crippen molar-refractivity contribution in [1.29, 1.82) is 0 Å². The summed E-state index contributed by atoms with van der Waals surface area (Å²) in [5.74, 6) is -1.60.